The number of fused-ring (bicyclic) bond motifs is 1. The molecule has 70 valence electrons. The van der Waals surface area contributed by atoms with Gasteiger partial charge in [0.2, 0.25) is 0 Å². The van der Waals surface area contributed by atoms with Gasteiger partial charge in [-0.05, 0) is 11.6 Å². The average Bonchev–Trinajstić information content (AvgIpc) is 2.57. The van der Waals surface area contributed by atoms with Gasteiger partial charge >= 0.3 is 0 Å². The molecule has 0 spiro atoms. The lowest BCUT2D eigenvalue weighted by molar-refractivity contribution is 0.288. The van der Waals surface area contributed by atoms with Crippen LogP contribution >= 0.6 is 11.6 Å². The van der Waals surface area contributed by atoms with Crippen molar-refractivity contribution in [2.75, 3.05) is 7.11 Å². The van der Waals surface area contributed by atoms with E-state index < -0.39 is 0 Å². The Balaban J connectivity index is 2.61. The van der Waals surface area contributed by atoms with Crippen LogP contribution in [0.2, 0.25) is 5.02 Å². The molecule has 0 aliphatic heterocycles. The highest BCUT2D eigenvalue weighted by Gasteiger charge is 2.23. The highest BCUT2D eigenvalue weighted by molar-refractivity contribution is 6.31. The molecule has 0 heterocycles. The quantitative estimate of drug-likeness (QED) is 0.706. The molecule has 1 aromatic rings. The predicted octanol–water partition coefficient (Wildman–Crippen LogP) is 2.78. The fourth-order valence-corrected chi connectivity index (χ4v) is 1.91. The molecule has 14 heavy (non-hydrogen) atoms. The van der Waals surface area contributed by atoms with E-state index in [1.807, 2.05) is 18.2 Å². The van der Waals surface area contributed by atoms with E-state index >= 15 is 0 Å². The highest BCUT2D eigenvalue weighted by Crippen LogP contribution is 2.36. The first-order chi connectivity index (χ1) is 6.77. The zero-order chi connectivity index (χ0) is 10.1. The number of hydrogen-bond acceptors (Lipinski definition) is 2. The third-order valence-electron chi connectivity index (χ3n) is 2.36. The van der Waals surface area contributed by atoms with Crippen molar-refractivity contribution in [1.29, 1.82) is 5.26 Å². The summed E-state index contributed by atoms with van der Waals surface area (Å²) in [6.45, 7) is 0. The molecule has 0 N–H and O–H groups in total. The number of hydrogen-bond donors (Lipinski definition) is 0. The molecule has 0 aromatic heterocycles. The van der Waals surface area contributed by atoms with Crippen molar-refractivity contribution in [2.24, 2.45) is 0 Å². The van der Waals surface area contributed by atoms with Gasteiger partial charge in [-0.3, -0.25) is 0 Å². The molecular formula is C11H8ClNO. The Kier molecular flexibility index (Phi) is 2.18. The van der Waals surface area contributed by atoms with Gasteiger partial charge in [0, 0.05) is 17.0 Å². The number of halogens is 1. The summed E-state index contributed by atoms with van der Waals surface area (Å²) in [5.41, 5.74) is 2.49. The van der Waals surface area contributed by atoms with E-state index in [0.717, 1.165) is 11.1 Å². The molecule has 0 saturated heterocycles. The maximum atomic E-state index is 8.97. The maximum absolute atomic E-state index is 8.97. The molecule has 0 saturated carbocycles. The summed E-state index contributed by atoms with van der Waals surface area (Å²) in [6, 6.07) is 7.71. The van der Waals surface area contributed by atoms with Gasteiger partial charge in [0.25, 0.3) is 0 Å². The zero-order valence-corrected chi connectivity index (χ0v) is 8.43. The molecule has 1 aliphatic rings. The van der Waals surface area contributed by atoms with E-state index in [4.69, 9.17) is 21.6 Å². The second-order valence-electron chi connectivity index (χ2n) is 3.06. The van der Waals surface area contributed by atoms with Crippen LogP contribution in [0.3, 0.4) is 0 Å². The SMILES string of the molecule is COC1=C(C#N)c2cccc(Cl)c2C1. The molecule has 0 atom stereocenters. The fraction of sp³-hybridized carbons (Fsp3) is 0.182. The van der Waals surface area contributed by atoms with Crippen LogP contribution in [0, 0.1) is 11.3 Å². The van der Waals surface area contributed by atoms with Crippen molar-refractivity contribution >= 4 is 17.2 Å². The van der Waals surface area contributed by atoms with E-state index in [-0.39, 0.29) is 0 Å². The topological polar surface area (TPSA) is 33.0 Å². The molecule has 1 aromatic carbocycles. The summed E-state index contributed by atoms with van der Waals surface area (Å²) in [5, 5.41) is 9.67. The lowest BCUT2D eigenvalue weighted by Crippen LogP contribution is -1.87. The number of benzene rings is 1. The van der Waals surface area contributed by atoms with E-state index in [2.05, 4.69) is 6.07 Å². The first-order valence-electron chi connectivity index (χ1n) is 4.23. The lowest BCUT2D eigenvalue weighted by atomic mass is 10.1. The largest absolute Gasteiger partial charge is 0.499 e. The Bertz CT molecular complexity index is 457. The zero-order valence-electron chi connectivity index (χ0n) is 7.67. The Morgan fingerprint density at radius 2 is 2.29 bits per heavy atom. The van der Waals surface area contributed by atoms with Crippen LogP contribution in [0.4, 0.5) is 0 Å². The van der Waals surface area contributed by atoms with Crippen LogP contribution in [0.15, 0.2) is 24.0 Å². The van der Waals surface area contributed by atoms with Gasteiger partial charge in [-0.1, -0.05) is 23.7 Å². The predicted molar refractivity (Wildman–Crippen MR) is 54.7 cm³/mol. The number of nitrogens with zero attached hydrogens (tertiary/aromatic N) is 1. The summed E-state index contributed by atoms with van der Waals surface area (Å²) in [7, 11) is 1.58. The smallest absolute Gasteiger partial charge is 0.118 e. The Labute approximate surface area is 87.4 Å². The van der Waals surface area contributed by atoms with Crippen LogP contribution in [0.5, 0.6) is 0 Å². The normalized spacial score (nSPS) is 13.8. The molecule has 1 aliphatic carbocycles. The monoisotopic (exact) mass is 205 g/mol. The van der Waals surface area contributed by atoms with Crippen LogP contribution < -0.4 is 0 Å². The highest BCUT2D eigenvalue weighted by atomic mass is 35.5. The van der Waals surface area contributed by atoms with Crippen LogP contribution in [0.25, 0.3) is 5.57 Å². The number of rotatable bonds is 1. The lowest BCUT2D eigenvalue weighted by Gasteiger charge is -2.00. The molecule has 0 unspecified atom stereocenters. The van der Waals surface area contributed by atoms with E-state index in [1.54, 1.807) is 7.11 Å². The summed E-state index contributed by atoms with van der Waals surface area (Å²) in [5.74, 6) is 0.704. The minimum Gasteiger partial charge on any atom is -0.499 e. The minimum atomic E-state index is 0.602. The second kappa shape index (κ2) is 3.36. The molecule has 0 fully saturated rings. The third-order valence-corrected chi connectivity index (χ3v) is 2.72. The number of allylic oxidation sites excluding steroid dienone is 2. The standard InChI is InChI=1S/C11H8ClNO/c1-14-11-5-8-7(9(11)6-13)3-2-4-10(8)12/h2-4H,5H2,1H3. The summed E-state index contributed by atoms with van der Waals surface area (Å²) in [6.07, 6.45) is 0.619. The van der Waals surface area contributed by atoms with Crippen molar-refractivity contribution in [2.45, 2.75) is 6.42 Å². The van der Waals surface area contributed by atoms with Crippen molar-refractivity contribution in [3.8, 4) is 6.07 Å². The van der Waals surface area contributed by atoms with Crippen molar-refractivity contribution in [3.05, 3.63) is 40.1 Å². The molecular weight excluding hydrogens is 198 g/mol. The van der Waals surface area contributed by atoms with Gasteiger partial charge in [-0.2, -0.15) is 5.26 Å². The van der Waals surface area contributed by atoms with Crippen LogP contribution in [-0.2, 0) is 11.2 Å². The molecule has 2 nitrogen and oxygen atoms in total. The van der Waals surface area contributed by atoms with Crippen LogP contribution in [-0.4, -0.2) is 7.11 Å². The van der Waals surface area contributed by atoms with Crippen molar-refractivity contribution < 1.29 is 4.74 Å². The number of methoxy groups -OCH3 is 1. The van der Waals surface area contributed by atoms with Gasteiger partial charge in [0.1, 0.15) is 11.8 Å². The van der Waals surface area contributed by atoms with Gasteiger partial charge in [-0.15, -0.1) is 0 Å². The Morgan fingerprint density at radius 3 is 2.93 bits per heavy atom. The van der Waals surface area contributed by atoms with Gasteiger partial charge in [0.05, 0.1) is 12.7 Å². The molecule has 0 bridgehead atoms. The first-order valence-corrected chi connectivity index (χ1v) is 4.60. The van der Waals surface area contributed by atoms with Crippen LogP contribution in [0.1, 0.15) is 11.1 Å². The fourth-order valence-electron chi connectivity index (χ4n) is 1.67. The minimum absolute atomic E-state index is 0.602. The van der Waals surface area contributed by atoms with E-state index in [1.165, 1.54) is 0 Å². The molecule has 0 radical (unpaired) electrons. The average molecular weight is 206 g/mol. The third kappa shape index (κ3) is 1.18. The molecule has 3 heteroatoms. The molecule has 2 rings (SSSR count). The van der Waals surface area contributed by atoms with Gasteiger partial charge in [-0.25, -0.2) is 0 Å². The number of ether oxygens (including phenoxy) is 1. The van der Waals surface area contributed by atoms with Gasteiger partial charge < -0.3 is 4.74 Å². The second-order valence-corrected chi connectivity index (χ2v) is 3.46. The van der Waals surface area contributed by atoms with E-state index in [0.29, 0.717) is 22.8 Å². The maximum Gasteiger partial charge on any atom is 0.118 e. The first kappa shape index (κ1) is 9.11. The van der Waals surface area contributed by atoms with E-state index in [9.17, 15) is 0 Å². The van der Waals surface area contributed by atoms with Crippen molar-refractivity contribution in [3.63, 3.8) is 0 Å². The number of nitriles is 1. The van der Waals surface area contributed by atoms with Crippen molar-refractivity contribution in [1.82, 2.24) is 0 Å². The Morgan fingerprint density at radius 1 is 1.50 bits per heavy atom. The summed E-state index contributed by atoms with van der Waals surface area (Å²) in [4.78, 5) is 0. The summed E-state index contributed by atoms with van der Waals surface area (Å²) >= 11 is 6.02. The Hall–Kier alpha value is -1.46. The van der Waals surface area contributed by atoms with Gasteiger partial charge in [0.15, 0.2) is 0 Å². The molecule has 0 amide bonds. The summed E-state index contributed by atoms with van der Waals surface area (Å²) < 4.78 is 5.15.